The van der Waals surface area contributed by atoms with E-state index in [1.807, 2.05) is 56.3 Å². The molecule has 6 heteroatoms. The lowest BCUT2D eigenvalue weighted by Gasteiger charge is -2.30. The zero-order valence-corrected chi connectivity index (χ0v) is 15.7. The standard InChI is InChI=1S/C21H25N3O3/c1-15-7-8-16(2)18(13-15)23-21(26)14-20(25)22-17-5-3-4-6-19(17)24-9-11-27-12-10-24/h3-8,13H,9-12,14H2,1-2H3,(H,22,25)(H,23,26). The summed E-state index contributed by atoms with van der Waals surface area (Å²) in [6.07, 6.45) is -0.231. The van der Waals surface area contributed by atoms with Gasteiger partial charge in [-0.05, 0) is 43.2 Å². The molecule has 2 N–H and O–H groups in total. The molecule has 0 spiro atoms. The highest BCUT2D eigenvalue weighted by Crippen LogP contribution is 2.26. The van der Waals surface area contributed by atoms with Crippen molar-refractivity contribution in [2.45, 2.75) is 20.3 Å². The molecule has 27 heavy (non-hydrogen) atoms. The third-order valence-electron chi connectivity index (χ3n) is 4.52. The van der Waals surface area contributed by atoms with Crippen LogP contribution >= 0.6 is 0 Å². The second-order valence-corrected chi connectivity index (χ2v) is 6.71. The summed E-state index contributed by atoms with van der Waals surface area (Å²) in [6, 6.07) is 13.5. The number of aryl methyl sites for hydroxylation is 2. The molecule has 0 atom stereocenters. The number of hydrogen-bond donors (Lipinski definition) is 2. The molecule has 0 aliphatic carbocycles. The van der Waals surface area contributed by atoms with E-state index in [9.17, 15) is 9.59 Å². The average molecular weight is 367 g/mol. The van der Waals surface area contributed by atoms with Gasteiger partial charge in [-0.1, -0.05) is 24.3 Å². The molecule has 1 aliphatic rings. The van der Waals surface area contributed by atoms with Gasteiger partial charge in [-0.2, -0.15) is 0 Å². The van der Waals surface area contributed by atoms with E-state index in [2.05, 4.69) is 15.5 Å². The molecule has 1 aliphatic heterocycles. The van der Waals surface area contributed by atoms with Crippen LogP contribution in [-0.2, 0) is 14.3 Å². The van der Waals surface area contributed by atoms with Gasteiger partial charge < -0.3 is 20.3 Å². The van der Waals surface area contributed by atoms with Crippen molar-refractivity contribution in [2.75, 3.05) is 41.8 Å². The van der Waals surface area contributed by atoms with Gasteiger partial charge in [-0.15, -0.1) is 0 Å². The van der Waals surface area contributed by atoms with Crippen LogP contribution in [0.15, 0.2) is 42.5 Å². The number of benzene rings is 2. The Balaban J connectivity index is 1.62. The third kappa shape index (κ3) is 5.08. The maximum Gasteiger partial charge on any atom is 0.233 e. The van der Waals surface area contributed by atoms with Crippen LogP contribution < -0.4 is 15.5 Å². The predicted octanol–water partition coefficient (Wildman–Crippen LogP) is 3.11. The van der Waals surface area contributed by atoms with Gasteiger partial charge in [-0.3, -0.25) is 9.59 Å². The lowest BCUT2D eigenvalue weighted by molar-refractivity contribution is -0.123. The topological polar surface area (TPSA) is 70.7 Å². The molecule has 2 aromatic carbocycles. The molecule has 0 saturated carbocycles. The molecule has 2 amide bonds. The van der Waals surface area contributed by atoms with Crippen molar-refractivity contribution in [1.29, 1.82) is 0 Å². The highest BCUT2D eigenvalue weighted by molar-refractivity contribution is 6.09. The molecular weight excluding hydrogens is 342 g/mol. The third-order valence-corrected chi connectivity index (χ3v) is 4.52. The van der Waals surface area contributed by atoms with Gasteiger partial charge in [0.1, 0.15) is 6.42 Å². The summed E-state index contributed by atoms with van der Waals surface area (Å²) in [6.45, 7) is 6.78. The molecule has 1 fully saturated rings. The maximum atomic E-state index is 12.4. The second kappa shape index (κ2) is 8.68. The van der Waals surface area contributed by atoms with Crippen molar-refractivity contribution in [1.82, 2.24) is 0 Å². The molecular formula is C21H25N3O3. The van der Waals surface area contributed by atoms with E-state index in [-0.39, 0.29) is 18.2 Å². The number of rotatable bonds is 5. The molecule has 2 aromatic rings. The van der Waals surface area contributed by atoms with Crippen LogP contribution in [0, 0.1) is 13.8 Å². The molecule has 1 saturated heterocycles. The summed E-state index contributed by atoms with van der Waals surface area (Å²) in [7, 11) is 0. The summed E-state index contributed by atoms with van der Waals surface area (Å²) in [5, 5.41) is 5.69. The first-order chi connectivity index (χ1) is 13.0. The Morgan fingerprint density at radius 1 is 0.963 bits per heavy atom. The number of amides is 2. The summed E-state index contributed by atoms with van der Waals surface area (Å²) in [5.74, 6) is -0.663. The minimum absolute atomic E-state index is 0.231. The molecule has 0 unspecified atom stereocenters. The Morgan fingerprint density at radius 3 is 2.37 bits per heavy atom. The Kier molecular flexibility index (Phi) is 6.08. The van der Waals surface area contributed by atoms with Gasteiger partial charge in [0.2, 0.25) is 11.8 Å². The molecule has 3 rings (SSSR count). The number of hydrogen-bond acceptors (Lipinski definition) is 4. The van der Waals surface area contributed by atoms with Crippen molar-refractivity contribution in [2.24, 2.45) is 0 Å². The van der Waals surface area contributed by atoms with Gasteiger partial charge in [0.25, 0.3) is 0 Å². The van der Waals surface area contributed by atoms with Crippen LogP contribution in [-0.4, -0.2) is 38.1 Å². The average Bonchev–Trinajstić information content (AvgIpc) is 2.65. The first-order valence-corrected chi connectivity index (χ1v) is 9.11. The van der Waals surface area contributed by atoms with Gasteiger partial charge in [0.05, 0.1) is 24.6 Å². The molecule has 1 heterocycles. The van der Waals surface area contributed by atoms with E-state index >= 15 is 0 Å². The zero-order chi connectivity index (χ0) is 19.2. The molecule has 0 bridgehead atoms. The fraction of sp³-hybridized carbons (Fsp3) is 0.333. The minimum atomic E-state index is -0.335. The number of carbonyl (C=O) groups is 2. The van der Waals surface area contributed by atoms with E-state index in [0.717, 1.165) is 35.6 Å². The highest BCUT2D eigenvalue weighted by atomic mass is 16.5. The van der Waals surface area contributed by atoms with Crippen LogP contribution in [0.4, 0.5) is 17.1 Å². The molecule has 6 nitrogen and oxygen atoms in total. The van der Waals surface area contributed by atoms with E-state index < -0.39 is 0 Å². The minimum Gasteiger partial charge on any atom is -0.378 e. The monoisotopic (exact) mass is 367 g/mol. The Labute approximate surface area is 159 Å². The fourth-order valence-corrected chi connectivity index (χ4v) is 3.06. The number of carbonyl (C=O) groups excluding carboxylic acids is 2. The molecule has 0 radical (unpaired) electrons. The smallest absolute Gasteiger partial charge is 0.233 e. The molecule has 142 valence electrons. The summed E-state index contributed by atoms with van der Waals surface area (Å²) < 4.78 is 5.39. The van der Waals surface area contributed by atoms with Crippen molar-refractivity contribution < 1.29 is 14.3 Å². The van der Waals surface area contributed by atoms with Crippen LogP contribution in [0.5, 0.6) is 0 Å². The Morgan fingerprint density at radius 2 is 1.63 bits per heavy atom. The van der Waals surface area contributed by atoms with E-state index in [0.29, 0.717) is 18.9 Å². The van der Waals surface area contributed by atoms with Crippen LogP contribution in [0.3, 0.4) is 0 Å². The highest BCUT2D eigenvalue weighted by Gasteiger charge is 2.17. The SMILES string of the molecule is Cc1ccc(C)c(NC(=O)CC(=O)Nc2ccccc2N2CCOCC2)c1. The quantitative estimate of drug-likeness (QED) is 0.797. The van der Waals surface area contributed by atoms with Gasteiger partial charge in [0.15, 0.2) is 0 Å². The maximum absolute atomic E-state index is 12.4. The van der Waals surface area contributed by atoms with Crippen LogP contribution in [0.2, 0.25) is 0 Å². The molecule has 0 aromatic heterocycles. The summed E-state index contributed by atoms with van der Waals surface area (Å²) in [4.78, 5) is 26.8. The lowest BCUT2D eigenvalue weighted by Crippen LogP contribution is -2.36. The number of anilines is 3. The summed E-state index contributed by atoms with van der Waals surface area (Å²) in [5.41, 5.74) is 4.42. The van der Waals surface area contributed by atoms with Crippen LogP contribution in [0.25, 0.3) is 0 Å². The van der Waals surface area contributed by atoms with Crippen molar-refractivity contribution in [3.05, 3.63) is 53.6 Å². The fourth-order valence-electron chi connectivity index (χ4n) is 3.06. The van der Waals surface area contributed by atoms with Crippen LogP contribution in [0.1, 0.15) is 17.5 Å². The van der Waals surface area contributed by atoms with Gasteiger partial charge >= 0.3 is 0 Å². The van der Waals surface area contributed by atoms with Gasteiger partial charge in [0, 0.05) is 18.8 Å². The number of nitrogens with zero attached hydrogens (tertiary/aromatic N) is 1. The lowest BCUT2D eigenvalue weighted by atomic mass is 10.1. The Bertz CT molecular complexity index is 829. The van der Waals surface area contributed by atoms with Crippen molar-refractivity contribution >= 4 is 28.9 Å². The van der Waals surface area contributed by atoms with E-state index in [4.69, 9.17) is 4.74 Å². The van der Waals surface area contributed by atoms with Crippen molar-refractivity contribution in [3.8, 4) is 0 Å². The Hall–Kier alpha value is -2.86. The van der Waals surface area contributed by atoms with E-state index in [1.165, 1.54) is 0 Å². The van der Waals surface area contributed by atoms with Gasteiger partial charge in [-0.25, -0.2) is 0 Å². The summed E-state index contributed by atoms with van der Waals surface area (Å²) >= 11 is 0. The second-order valence-electron chi connectivity index (χ2n) is 6.71. The number of ether oxygens (including phenoxy) is 1. The van der Waals surface area contributed by atoms with E-state index in [1.54, 1.807) is 0 Å². The zero-order valence-electron chi connectivity index (χ0n) is 15.7. The predicted molar refractivity (Wildman–Crippen MR) is 107 cm³/mol. The first kappa shape index (κ1) is 18.9. The number of nitrogens with one attached hydrogen (secondary N) is 2. The first-order valence-electron chi connectivity index (χ1n) is 9.11. The normalized spacial score (nSPS) is 13.9. The number of morpholine rings is 1. The largest absolute Gasteiger partial charge is 0.378 e. The number of para-hydroxylation sites is 2. The van der Waals surface area contributed by atoms with Crippen molar-refractivity contribution in [3.63, 3.8) is 0 Å².